The monoisotopic (exact) mass is 266 g/mol. The number of carbonyl (C=O) groups excluding carboxylic acids is 1. The first kappa shape index (κ1) is 11.9. The van der Waals surface area contributed by atoms with E-state index in [-0.39, 0.29) is 6.03 Å². The molecule has 2 atom stereocenters. The summed E-state index contributed by atoms with van der Waals surface area (Å²) in [6.45, 7) is 0. The summed E-state index contributed by atoms with van der Waals surface area (Å²) in [7, 11) is 0. The van der Waals surface area contributed by atoms with E-state index in [0.717, 1.165) is 25.7 Å². The molecule has 2 saturated heterocycles. The Kier molecular flexibility index (Phi) is 3.45. The number of amides is 2. The molecule has 2 fully saturated rings. The van der Waals surface area contributed by atoms with Gasteiger partial charge in [-0.05, 0) is 32.1 Å². The van der Waals surface area contributed by atoms with Crippen molar-refractivity contribution in [3.8, 4) is 0 Å². The summed E-state index contributed by atoms with van der Waals surface area (Å²) in [6.07, 6.45) is 8.38. The predicted molar refractivity (Wildman–Crippen MR) is 70.7 cm³/mol. The van der Waals surface area contributed by atoms with Crippen molar-refractivity contribution in [3.63, 3.8) is 0 Å². The maximum absolute atomic E-state index is 12.4. The normalized spacial score (nSPS) is 27.7. The highest BCUT2D eigenvalue weighted by molar-refractivity contribution is 7.13. The van der Waals surface area contributed by atoms with E-state index >= 15 is 0 Å². The zero-order valence-electron chi connectivity index (χ0n) is 10.3. The largest absolute Gasteiger partial charge is 0.324 e. The van der Waals surface area contributed by atoms with E-state index < -0.39 is 0 Å². The SMILES string of the molecule is O=C(Nc1nncs1)N1[C@H]2CCCC[C@H]1CCC2. The van der Waals surface area contributed by atoms with Gasteiger partial charge in [-0.15, -0.1) is 10.2 Å². The van der Waals surface area contributed by atoms with Crippen LogP contribution in [0.15, 0.2) is 5.51 Å². The van der Waals surface area contributed by atoms with Crippen LogP contribution in [0, 0.1) is 0 Å². The molecular formula is C12H18N4OS. The Balaban J connectivity index is 1.74. The number of carbonyl (C=O) groups is 1. The Hall–Kier alpha value is -1.17. The molecule has 1 aromatic heterocycles. The van der Waals surface area contributed by atoms with Gasteiger partial charge in [-0.3, -0.25) is 5.32 Å². The third-order valence-electron chi connectivity index (χ3n) is 3.99. The predicted octanol–water partition coefficient (Wildman–Crippen LogP) is 2.87. The zero-order chi connectivity index (χ0) is 12.4. The van der Waals surface area contributed by atoms with Crippen LogP contribution < -0.4 is 5.32 Å². The highest BCUT2D eigenvalue weighted by atomic mass is 32.1. The average Bonchev–Trinajstić information content (AvgIpc) is 2.83. The molecule has 2 amide bonds. The number of hydrogen-bond acceptors (Lipinski definition) is 4. The van der Waals surface area contributed by atoms with Gasteiger partial charge >= 0.3 is 6.03 Å². The molecule has 18 heavy (non-hydrogen) atoms. The van der Waals surface area contributed by atoms with E-state index in [1.54, 1.807) is 5.51 Å². The van der Waals surface area contributed by atoms with Gasteiger partial charge < -0.3 is 4.90 Å². The van der Waals surface area contributed by atoms with Gasteiger partial charge in [0.15, 0.2) is 0 Å². The second-order valence-corrected chi connectivity index (χ2v) is 5.94. The van der Waals surface area contributed by atoms with Crippen LogP contribution in [0.4, 0.5) is 9.93 Å². The molecule has 0 aromatic carbocycles. The van der Waals surface area contributed by atoms with E-state index in [1.807, 2.05) is 0 Å². The van der Waals surface area contributed by atoms with Crippen LogP contribution in [0.3, 0.4) is 0 Å². The number of hydrogen-bond donors (Lipinski definition) is 1. The molecule has 2 bridgehead atoms. The van der Waals surface area contributed by atoms with Crippen molar-refractivity contribution >= 4 is 22.5 Å². The fourth-order valence-corrected chi connectivity index (χ4v) is 3.64. The third kappa shape index (κ3) is 2.34. The van der Waals surface area contributed by atoms with Crippen LogP contribution in [0.25, 0.3) is 0 Å². The molecule has 6 heteroatoms. The lowest BCUT2D eigenvalue weighted by molar-refractivity contribution is 0.119. The van der Waals surface area contributed by atoms with Crippen molar-refractivity contribution in [3.05, 3.63) is 5.51 Å². The molecular weight excluding hydrogens is 248 g/mol. The number of anilines is 1. The molecule has 1 aromatic rings. The quantitative estimate of drug-likeness (QED) is 0.850. The van der Waals surface area contributed by atoms with E-state index in [2.05, 4.69) is 20.4 Å². The maximum atomic E-state index is 12.4. The summed E-state index contributed by atoms with van der Waals surface area (Å²) >= 11 is 1.37. The molecule has 3 rings (SSSR count). The summed E-state index contributed by atoms with van der Waals surface area (Å²) < 4.78 is 0. The van der Waals surface area contributed by atoms with Crippen molar-refractivity contribution < 1.29 is 4.79 Å². The molecule has 2 aliphatic rings. The Bertz CT molecular complexity index is 394. The van der Waals surface area contributed by atoms with Gasteiger partial charge in [-0.2, -0.15) is 0 Å². The second-order valence-electron chi connectivity index (χ2n) is 5.10. The molecule has 1 N–H and O–H groups in total. The van der Waals surface area contributed by atoms with Crippen molar-refractivity contribution in [2.45, 2.75) is 57.0 Å². The maximum Gasteiger partial charge on any atom is 0.324 e. The number of nitrogens with one attached hydrogen (secondary N) is 1. The van der Waals surface area contributed by atoms with Gasteiger partial charge in [-0.25, -0.2) is 4.79 Å². The molecule has 0 saturated carbocycles. The zero-order valence-corrected chi connectivity index (χ0v) is 11.2. The summed E-state index contributed by atoms with van der Waals surface area (Å²) in [6, 6.07) is 0.877. The summed E-state index contributed by atoms with van der Waals surface area (Å²) in [5, 5.41) is 11.1. The van der Waals surface area contributed by atoms with Crippen molar-refractivity contribution in [1.82, 2.24) is 15.1 Å². The number of fused-ring (bicyclic) bond motifs is 2. The number of piperidine rings is 1. The van der Waals surface area contributed by atoms with Crippen molar-refractivity contribution in [1.29, 1.82) is 0 Å². The molecule has 0 aliphatic carbocycles. The molecule has 98 valence electrons. The Morgan fingerprint density at radius 1 is 1.22 bits per heavy atom. The first-order valence-electron chi connectivity index (χ1n) is 6.70. The Morgan fingerprint density at radius 2 is 1.89 bits per heavy atom. The van der Waals surface area contributed by atoms with E-state index in [1.165, 1.54) is 30.6 Å². The van der Waals surface area contributed by atoms with Crippen molar-refractivity contribution in [2.24, 2.45) is 0 Å². The second kappa shape index (κ2) is 5.22. The number of nitrogens with zero attached hydrogens (tertiary/aromatic N) is 3. The summed E-state index contributed by atoms with van der Waals surface area (Å²) in [5.74, 6) is 0. The van der Waals surface area contributed by atoms with Gasteiger partial charge in [0.2, 0.25) is 5.13 Å². The smallest absolute Gasteiger partial charge is 0.319 e. The standard InChI is InChI=1S/C12H18N4OS/c17-12(14-11-15-13-8-18-11)16-9-4-1-2-5-10(16)7-3-6-9/h8-10H,1-7H2,(H,14,15,17)/t9-,10-/m0/s1. The molecule has 0 radical (unpaired) electrons. The fraction of sp³-hybridized carbons (Fsp3) is 0.750. The lowest BCUT2D eigenvalue weighted by Gasteiger charge is -2.40. The first-order chi connectivity index (χ1) is 8.84. The minimum Gasteiger partial charge on any atom is -0.319 e. The van der Waals surface area contributed by atoms with Gasteiger partial charge in [0.25, 0.3) is 0 Å². The van der Waals surface area contributed by atoms with E-state index in [0.29, 0.717) is 17.2 Å². The Labute approximate surface area is 111 Å². The fourth-order valence-electron chi connectivity index (χ4n) is 3.21. The molecule has 3 heterocycles. The minimum absolute atomic E-state index is 0.0170. The van der Waals surface area contributed by atoms with Crippen LogP contribution in [0.5, 0.6) is 0 Å². The van der Waals surface area contributed by atoms with Crippen LogP contribution >= 0.6 is 11.3 Å². The summed E-state index contributed by atoms with van der Waals surface area (Å²) in [4.78, 5) is 14.5. The molecule has 2 aliphatic heterocycles. The highest BCUT2D eigenvalue weighted by Gasteiger charge is 2.35. The number of rotatable bonds is 1. The lowest BCUT2D eigenvalue weighted by atomic mass is 9.95. The average molecular weight is 266 g/mol. The van der Waals surface area contributed by atoms with Crippen LogP contribution in [-0.4, -0.2) is 33.2 Å². The van der Waals surface area contributed by atoms with Crippen LogP contribution in [0.1, 0.15) is 44.9 Å². The Morgan fingerprint density at radius 3 is 2.50 bits per heavy atom. The molecule has 0 spiro atoms. The minimum atomic E-state index is 0.0170. The van der Waals surface area contributed by atoms with Crippen LogP contribution in [0.2, 0.25) is 0 Å². The van der Waals surface area contributed by atoms with Crippen molar-refractivity contribution in [2.75, 3.05) is 5.32 Å². The van der Waals surface area contributed by atoms with E-state index in [4.69, 9.17) is 0 Å². The van der Waals surface area contributed by atoms with Crippen LogP contribution in [-0.2, 0) is 0 Å². The number of urea groups is 1. The van der Waals surface area contributed by atoms with Gasteiger partial charge in [0, 0.05) is 12.1 Å². The molecule has 0 unspecified atom stereocenters. The lowest BCUT2D eigenvalue weighted by Crippen LogP contribution is -2.50. The van der Waals surface area contributed by atoms with E-state index in [9.17, 15) is 4.79 Å². The third-order valence-corrected chi connectivity index (χ3v) is 4.60. The van der Waals surface area contributed by atoms with Gasteiger partial charge in [-0.1, -0.05) is 24.2 Å². The van der Waals surface area contributed by atoms with Gasteiger partial charge in [0.1, 0.15) is 5.51 Å². The highest BCUT2D eigenvalue weighted by Crippen LogP contribution is 2.33. The van der Waals surface area contributed by atoms with Gasteiger partial charge in [0.05, 0.1) is 0 Å². The summed E-state index contributed by atoms with van der Waals surface area (Å²) in [5.41, 5.74) is 1.64. The first-order valence-corrected chi connectivity index (χ1v) is 7.58. The topological polar surface area (TPSA) is 58.1 Å². The molecule has 5 nitrogen and oxygen atoms in total. The number of aromatic nitrogens is 2.